The maximum absolute atomic E-state index is 10.2. The Morgan fingerprint density at radius 1 is 1.23 bits per heavy atom. The van der Waals surface area contributed by atoms with Crippen molar-refractivity contribution < 1.29 is 14.9 Å². The molecule has 114 valence electrons. The highest BCUT2D eigenvalue weighted by Crippen LogP contribution is 2.33. The van der Waals surface area contributed by atoms with Crippen LogP contribution in [0.25, 0.3) is 22.4 Å². The molecule has 7 nitrogen and oxygen atoms in total. The molecule has 0 unspecified atom stereocenters. The number of H-pyrrole nitrogens is 1. The van der Waals surface area contributed by atoms with Gasteiger partial charge in [0.1, 0.15) is 24.2 Å². The van der Waals surface area contributed by atoms with Crippen molar-refractivity contribution in [2.24, 2.45) is 0 Å². The van der Waals surface area contributed by atoms with Crippen molar-refractivity contribution in [1.82, 2.24) is 19.5 Å². The summed E-state index contributed by atoms with van der Waals surface area (Å²) in [5.74, 6) is 0. The van der Waals surface area contributed by atoms with Crippen molar-refractivity contribution in [2.75, 3.05) is 0 Å². The Balaban J connectivity index is 1.83. The van der Waals surface area contributed by atoms with Crippen LogP contribution in [0.5, 0.6) is 0 Å². The Hall–Kier alpha value is -2.22. The van der Waals surface area contributed by atoms with Gasteiger partial charge in [-0.2, -0.15) is 0 Å². The first-order valence-electron chi connectivity index (χ1n) is 7.13. The zero-order valence-corrected chi connectivity index (χ0v) is 11.9. The van der Waals surface area contributed by atoms with Crippen LogP contribution in [0.2, 0.25) is 0 Å². The lowest BCUT2D eigenvalue weighted by atomic mass is 10.1. The SMILES string of the molecule is C[C@H]1O[C@@H](n2ccc3c(-c4ccc[nH]4)ncnc32)[C@H](O)[C@@H]1O. The highest BCUT2D eigenvalue weighted by Gasteiger charge is 2.41. The lowest BCUT2D eigenvalue weighted by Gasteiger charge is -2.17. The van der Waals surface area contributed by atoms with Crippen LogP contribution in [0.15, 0.2) is 36.9 Å². The van der Waals surface area contributed by atoms with Gasteiger partial charge in [0.25, 0.3) is 0 Å². The molecule has 0 bridgehead atoms. The van der Waals surface area contributed by atoms with E-state index in [1.54, 1.807) is 17.7 Å². The van der Waals surface area contributed by atoms with Crippen LogP contribution in [0.4, 0.5) is 0 Å². The first-order chi connectivity index (χ1) is 10.7. The fourth-order valence-electron chi connectivity index (χ4n) is 2.93. The van der Waals surface area contributed by atoms with Crippen molar-refractivity contribution in [3.8, 4) is 11.4 Å². The van der Waals surface area contributed by atoms with Crippen LogP contribution in [-0.2, 0) is 4.74 Å². The zero-order chi connectivity index (χ0) is 15.3. The molecule has 0 amide bonds. The Kier molecular flexibility index (Phi) is 3.00. The van der Waals surface area contributed by atoms with E-state index in [0.717, 1.165) is 16.8 Å². The molecule has 0 aromatic carbocycles. The zero-order valence-electron chi connectivity index (χ0n) is 11.9. The van der Waals surface area contributed by atoms with Crippen LogP contribution < -0.4 is 0 Å². The summed E-state index contributed by atoms with van der Waals surface area (Å²) in [6.07, 6.45) is 2.13. The predicted molar refractivity (Wildman–Crippen MR) is 78.9 cm³/mol. The summed E-state index contributed by atoms with van der Waals surface area (Å²) in [4.78, 5) is 11.8. The molecule has 4 atom stereocenters. The van der Waals surface area contributed by atoms with Crippen LogP contribution >= 0.6 is 0 Å². The monoisotopic (exact) mass is 300 g/mol. The Morgan fingerprint density at radius 3 is 2.77 bits per heavy atom. The summed E-state index contributed by atoms with van der Waals surface area (Å²) in [6, 6.07) is 5.73. The van der Waals surface area contributed by atoms with E-state index in [1.165, 1.54) is 6.33 Å². The number of nitrogens with one attached hydrogen (secondary N) is 1. The predicted octanol–water partition coefficient (Wildman–Crippen LogP) is 1.07. The van der Waals surface area contributed by atoms with Gasteiger partial charge in [-0.05, 0) is 25.1 Å². The number of nitrogens with zero attached hydrogens (tertiary/aromatic N) is 3. The number of aliphatic hydroxyl groups is 2. The van der Waals surface area contributed by atoms with Crippen LogP contribution in [-0.4, -0.2) is 48.0 Å². The quantitative estimate of drug-likeness (QED) is 0.658. The maximum Gasteiger partial charge on any atom is 0.164 e. The number of ether oxygens (including phenoxy) is 1. The number of hydrogen-bond donors (Lipinski definition) is 3. The Morgan fingerprint density at radius 2 is 2.09 bits per heavy atom. The van der Waals surface area contributed by atoms with Crippen LogP contribution in [0, 0.1) is 0 Å². The Labute approximate surface area is 126 Å². The first kappa shape index (κ1) is 13.4. The van der Waals surface area contributed by atoms with E-state index >= 15 is 0 Å². The van der Waals surface area contributed by atoms with Gasteiger partial charge in [-0.25, -0.2) is 9.97 Å². The second-order valence-corrected chi connectivity index (χ2v) is 5.48. The minimum absolute atomic E-state index is 0.429. The fraction of sp³-hybridized carbons (Fsp3) is 0.333. The number of aromatic amines is 1. The van der Waals surface area contributed by atoms with Gasteiger partial charge in [-0.15, -0.1) is 0 Å². The van der Waals surface area contributed by atoms with E-state index < -0.39 is 24.5 Å². The van der Waals surface area contributed by atoms with Crippen LogP contribution in [0.3, 0.4) is 0 Å². The average Bonchev–Trinajstić information content (AvgIpc) is 3.23. The van der Waals surface area contributed by atoms with Crippen molar-refractivity contribution in [3.63, 3.8) is 0 Å². The molecule has 4 heterocycles. The number of aromatic nitrogens is 4. The summed E-state index contributed by atoms with van der Waals surface area (Å²) >= 11 is 0. The largest absolute Gasteiger partial charge is 0.388 e. The number of aliphatic hydroxyl groups excluding tert-OH is 2. The maximum atomic E-state index is 10.2. The van der Waals surface area contributed by atoms with E-state index in [0.29, 0.717) is 5.65 Å². The lowest BCUT2D eigenvalue weighted by Crippen LogP contribution is -2.30. The van der Waals surface area contributed by atoms with E-state index in [-0.39, 0.29) is 0 Å². The number of hydrogen-bond acceptors (Lipinski definition) is 5. The molecule has 1 saturated heterocycles. The molecule has 0 radical (unpaired) electrons. The van der Waals surface area contributed by atoms with Gasteiger partial charge in [0.05, 0.1) is 17.5 Å². The van der Waals surface area contributed by atoms with E-state index in [1.807, 2.05) is 24.4 Å². The third kappa shape index (κ3) is 1.87. The molecule has 0 spiro atoms. The summed E-state index contributed by atoms with van der Waals surface area (Å²) in [5, 5.41) is 20.9. The molecule has 0 saturated carbocycles. The fourth-order valence-corrected chi connectivity index (χ4v) is 2.93. The van der Waals surface area contributed by atoms with Gasteiger partial charge in [0, 0.05) is 17.8 Å². The highest BCUT2D eigenvalue weighted by atomic mass is 16.6. The van der Waals surface area contributed by atoms with Crippen molar-refractivity contribution in [3.05, 3.63) is 36.9 Å². The molecule has 0 aliphatic carbocycles. The van der Waals surface area contributed by atoms with Crippen molar-refractivity contribution >= 4 is 11.0 Å². The van der Waals surface area contributed by atoms with E-state index in [9.17, 15) is 10.2 Å². The van der Waals surface area contributed by atoms with Gasteiger partial charge >= 0.3 is 0 Å². The lowest BCUT2D eigenvalue weighted by molar-refractivity contribution is -0.0296. The molecule has 1 fully saturated rings. The summed E-state index contributed by atoms with van der Waals surface area (Å²) in [6.45, 7) is 1.74. The number of fused-ring (bicyclic) bond motifs is 1. The first-order valence-corrected chi connectivity index (χ1v) is 7.13. The van der Waals surface area contributed by atoms with Crippen molar-refractivity contribution in [1.29, 1.82) is 0 Å². The third-order valence-corrected chi connectivity index (χ3v) is 4.11. The molecule has 1 aliphatic heterocycles. The standard InChI is InChI=1S/C15H16N4O3/c1-8-12(20)13(21)15(22-8)19-6-4-9-11(10-3-2-5-16-10)17-7-18-14(9)19/h2-8,12-13,15-16,20-21H,1H3/t8-,12-,13-,15-/m1/s1. The van der Waals surface area contributed by atoms with Gasteiger partial charge < -0.3 is 24.5 Å². The molecule has 1 aliphatic rings. The Bertz CT molecular complexity index is 798. The highest BCUT2D eigenvalue weighted by molar-refractivity contribution is 5.89. The van der Waals surface area contributed by atoms with Gasteiger partial charge in [-0.1, -0.05) is 0 Å². The van der Waals surface area contributed by atoms with E-state index in [2.05, 4.69) is 15.0 Å². The van der Waals surface area contributed by atoms with E-state index in [4.69, 9.17) is 4.74 Å². The number of rotatable bonds is 2. The molecule has 3 aromatic rings. The van der Waals surface area contributed by atoms with Gasteiger partial charge in [-0.3, -0.25) is 0 Å². The minimum Gasteiger partial charge on any atom is -0.388 e. The van der Waals surface area contributed by atoms with Crippen molar-refractivity contribution in [2.45, 2.75) is 31.5 Å². The van der Waals surface area contributed by atoms with Gasteiger partial charge in [0.15, 0.2) is 6.23 Å². The molecule has 3 N–H and O–H groups in total. The van der Waals surface area contributed by atoms with Crippen LogP contribution in [0.1, 0.15) is 13.2 Å². The summed E-state index contributed by atoms with van der Waals surface area (Å²) in [7, 11) is 0. The topological polar surface area (TPSA) is 96.2 Å². The summed E-state index contributed by atoms with van der Waals surface area (Å²) in [5.41, 5.74) is 2.34. The molecular formula is C15H16N4O3. The average molecular weight is 300 g/mol. The minimum atomic E-state index is -0.991. The molecule has 4 rings (SSSR count). The molecule has 3 aromatic heterocycles. The second kappa shape index (κ2) is 4.91. The third-order valence-electron chi connectivity index (χ3n) is 4.11. The molecular weight excluding hydrogens is 284 g/mol. The summed E-state index contributed by atoms with van der Waals surface area (Å²) < 4.78 is 7.40. The second-order valence-electron chi connectivity index (χ2n) is 5.48. The molecule has 7 heteroatoms. The normalized spacial score (nSPS) is 28.5. The van der Waals surface area contributed by atoms with Gasteiger partial charge in [0.2, 0.25) is 0 Å². The smallest absolute Gasteiger partial charge is 0.164 e. The molecule has 22 heavy (non-hydrogen) atoms.